The molecule has 0 heterocycles. The lowest BCUT2D eigenvalue weighted by Gasteiger charge is -2.28. The minimum Gasteiger partial charge on any atom is -0.481 e. The summed E-state index contributed by atoms with van der Waals surface area (Å²) in [6.07, 6.45) is 14.2. The molecule has 0 spiro atoms. The Morgan fingerprint density at radius 3 is 2.17 bits per heavy atom. The van der Waals surface area contributed by atoms with E-state index < -0.39 is 12.1 Å². The third-order valence-electron chi connectivity index (χ3n) is 3.09. The summed E-state index contributed by atoms with van der Waals surface area (Å²) in [4.78, 5) is 22.7. The molecule has 1 unspecified atom stereocenters. The zero-order chi connectivity index (χ0) is 18.4. The van der Waals surface area contributed by atoms with Gasteiger partial charge in [-0.1, -0.05) is 36.5 Å². The van der Waals surface area contributed by atoms with Crippen LogP contribution in [0.5, 0.6) is 0 Å². The van der Waals surface area contributed by atoms with Gasteiger partial charge in [-0.2, -0.15) is 0 Å². The molecule has 0 radical (unpaired) electrons. The Kier molecular flexibility index (Phi) is 11.5. The van der Waals surface area contributed by atoms with Gasteiger partial charge in [0.25, 0.3) is 0 Å². The molecular weight excluding hydrogens is 306 g/mol. The van der Waals surface area contributed by atoms with Crippen LogP contribution in [0.4, 0.5) is 0 Å². The molecule has 1 atom stereocenters. The summed E-state index contributed by atoms with van der Waals surface area (Å²) in [6, 6.07) is 0. The van der Waals surface area contributed by atoms with Crippen LogP contribution in [0.15, 0.2) is 36.5 Å². The molecule has 0 aromatic carbocycles. The Morgan fingerprint density at radius 1 is 1.04 bits per heavy atom. The Balaban J connectivity index is 4.13. The van der Waals surface area contributed by atoms with Crippen LogP contribution in [0.3, 0.4) is 0 Å². The number of aliphatic carboxylic acids is 1. The lowest BCUT2D eigenvalue weighted by atomic mass is 10.2. The van der Waals surface area contributed by atoms with Crippen LogP contribution in [0.2, 0.25) is 0 Å². The molecule has 0 amide bonds. The lowest BCUT2D eigenvalue weighted by molar-refractivity contribution is -0.873. The highest BCUT2D eigenvalue weighted by Gasteiger charge is 2.24. The number of esters is 1. The molecule has 1 N–H and O–H groups in total. The fourth-order valence-corrected chi connectivity index (χ4v) is 2.10. The van der Waals surface area contributed by atoms with E-state index in [0.29, 0.717) is 17.4 Å². The van der Waals surface area contributed by atoms with E-state index in [0.717, 1.165) is 12.8 Å². The number of hydrogen-bond acceptors (Lipinski definition) is 3. The first-order valence-electron chi connectivity index (χ1n) is 8.39. The number of hydrogen-bond donors (Lipinski definition) is 1. The zero-order valence-electron chi connectivity index (χ0n) is 15.4. The number of likely N-dealkylation sites (N-methyl/N-ethyl adjacent to an activating group) is 1. The molecule has 0 aromatic rings. The largest absolute Gasteiger partial charge is 0.481 e. The van der Waals surface area contributed by atoms with E-state index in [1.807, 2.05) is 52.4 Å². The average molecular weight is 338 g/mol. The average Bonchev–Trinajstić information content (AvgIpc) is 2.42. The van der Waals surface area contributed by atoms with Gasteiger partial charge in [0.05, 0.1) is 27.6 Å². The van der Waals surface area contributed by atoms with Crippen molar-refractivity contribution < 1.29 is 23.9 Å². The fourth-order valence-electron chi connectivity index (χ4n) is 2.10. The molecule has 0 saturated heterocycles. The maximum Gasteiger partial charge on any atom is 0.307 e. The SMILES string of the molecule is C/C=C/CC/C=C/C=C/CCC(=O)OC(CC(=O)O)C[N+](C)(C)C. The van der Waals surface area contributed by atoms with E-state index in [1.54, 1.807) is 0 Å². The Labute approximate surface area is 145 Å². The quantitative estimate of drug-likeness (QED) is 0.195. The van der Waals surface area contributed by atoms with Crippen molar-refractivity contribution in [1.82, 2.24) is 0 Å². The van der Waals surface area contributed by atoms with Crippen LogP contribution in [-0.2, 0) is 14.3 Å². The van der Waals surface area contributed by atoms with Crippen molar-refractivity contribution in [3.05, 3.63) is 36.5 Å². The summed E-state index contributed by atoms with van der Waals surface area (Å²) < 4.78 is 5.86. The molecule has 5 heteroatoms. The molecule has 136 valence electrons. The Hall–Kier alpha value is -1.88. The molecular formula is C19H32NO4+. The number of carboxylic acids is 1. The lowest BCUT2D eigenvalue weighted by Crippen LogP contribution is -2.43. The van der Waals surface area contributed by atoms with Crippen LogP contribution in [-0.4, -0.2) is 55.3 Å². The number of nitrogens with zero attached hydrogens (tertiary/aromatic N) is 1. The number of rotatable bonds is 12. The number of carbonyl (C=O) groups excluding carboxylic acids is 1. The molecule has 0 saturated carbocycles. The van der Waals surface area contributed by atoms with Crippen molar-refractivity contribution in [2.24, 2.45) is 0 Å². The fraction of sp³-hybridized carbons (Fsp3) is 0.579. The number of carbonyl (C=O) groups is 2. The van der Waals surface area contributed by atoms with Gasteiger partial charge in [-0.25, -0.2) is 0 Å². The van der Waals surface area contributed by atoms with Gasteiger partial charge in [0.1, 0.15) is 6.54 Å². The Morgan fingerprint density at radius 2 is 1.62 bits per heavy atom. The topological polar surface area (TPSA) is 63.6 Å². The van der Waals surface area contributed by atoms with Gasteiger partial charge in [0, 0.05) is 6.42 Å². The van der Waals surface area contributed by atoms with Gasteiger partial charge >= 0.3 is 11.9 Å². The van der Waals surface area contributed by atoms with Crippen LogP contribution in [0, 0.1) is 0 Å². The van der Waals surface area contributed by atoms with Gasteiger partial charge in [-0.3, -0.25) is 9.59 Å². The van der Waals surface area contributed by atoms with Crippen molar-refractivity contribution in [3.8, 4) is 0 Å². The third-order valence-corrected chi connectivity index (χ3v) is 3.09. The van der Waals surface area contributed by atoms with E-state index in [2.05, 4.69) is 12.2 Å². The van der Waals surface area contributed by atoms with Gasteiger partial charge in [-0.15, -0.1) is 0 Å². The highest BCUT2D eigenvalue weighted by Crippen LogP contribution is 2.07. The molecule has 0 aliphatic carbocycles. The number of ether oxygens (including phenoxy) is 1. The van der Waals surface area contributed by atoms with Crippen molar-refractivity contribution in [2.45, 2.75) is 45.1 Å². The summed E-state index contributed by atoms with van der Waals surface area (Å²) >= 11 is 0. The van der Waals surface area contributed by atoms with Gasteiger partial charge in [0.15, 0.2) is 6.10 Å². The minimum absolute atomic E-state index is 0.161. The standard InChI is InChI=1S/C19H31NO4/c1-5-6-7-8-9-10-11-12-13-14-19(23)24-17(15-18(21)22)16-20(2,3)4/h5-6,9-12,17H,7-8,13-16H2,1-4H3/p+1/b6-5+,10-9+,12-11+. The Bertz CT molecular complexity index is 458. The summed E-state index contributed by atoms with van der Waals surface area (Å²) in [6.45, 7) is 2.48. The van der Waals surface area contributed by atoms with Crippen LogP contribution < -0.4 is 0 Å². The maximum atomic E-state index is 11.8. The highest BCUT2D eigenvalue weighted by atomic mass is 16.5. The van der Waals surface area contributed by atoms with Gasteiger partial charge < -0.3 is 14.3 Å². The zero-order valence-corrected chi connectivity index (χ0v) is 15.4. The van der Waals surface area contributed by atoms with E-state index in [-0.39, 0.29) is 18.8 Å². The van der Waals surface area contributed by atoms with E-state index in [1.165, 1.54) is 0 Å². The number of carboxylic acid groups (broad SMARTS) is 1. The molecule has 0 aromatic heterocycles. The third kappa shape index (κ3) is 15.0. The predicted molar refractivity (Wildman–Crippen MR) is 96.6 cm³/mol. The van der Waals surface area contributed by atoms with Gasteiger partial charge in [0.2, 0.25) is 0 Å². The van der Waals surface area contributed by atoms with E-state index in [4.69, 9.17) is 9.84 Å². The second-order valence-corrected chi connectivity index (χ2v) is 6.72. The predicted octanol–water partition coefficient (Wildman–Crippen LogP) is 3.33. The maximum absolute atomic E-state index is 11.8. The molecule has 5 nitrogen and oxygen atoms in total. The molecule has 0 fully saturated rings. The smallest absolute Gasteiger partial charge is 0.307 e. The van der Waals surface area contributed by atoms with Crippen LogP contribution >= 0.6 is 0 Å². The van der Waals surface area contributed by atoms with Crippen molar-refractivity contribution in [1.29, 1.82) is 0 Å². The first kappa shape index (κ1) is 22.1. The number of quaternary nitrogens is 1. The monoisotopic (exact) mass is 338 g/mol. The van der Waals surface area contributed by atoms with E-state index in [9.17, 15) is 9.59 Å². The summed E-state index contributed by atoms with van der Waals surface area (Å²) in [5.74, 6) is -1.30. The molecule has 0 aliphatic heterocycles. The van der Waals surface area contributed by atoms with Crippen molar-refractivity contribution >= 4 is 11.9 Å². The summed E-state index contributed by atoms with van der Waals surface area (Å²) in [7, 11) is 5.82. The van der Waals surface area contributed by atoms with Crippen molar-refractivity contribution in [3.63, 3.8) is 0 Å². The molecule has 0 bridgehead atoms. The summed E-state index contributed by atoms with van der Waals surface area (Å²) in [5.41, 5.74) is 0. The second-order valence-electron chi connectivity index (χ2n) is 6.72. The summed E-state index contributed by atoms with van der Waals surface area (Å²) in [5, 5.41) is 8.92. The highest BCUT2D eigenvalue weighted by molar-refractivity contribution is 5.71. The van der Waals surface area contributed by atoms with E-state index >= 15 is 0 Å². The van der Waals surface area contributed by atoms with Gasteiger partial charge in [-0.05, 0) is 26.2 Å². The molecule has 0 rings (SSSR count). The van der Waals surface area contributed by atoms with Crippen molar-refractivity contribution in [2.75, 3.05) is 27.7 Å². The first-order chi connectivity index (χ1) is 11.2. The molecule has 24 heavy (non-hydrogen) atoms. The minimum atomic E-state index is -0.954. The molecule has 0 aliphatic rings. The van der Waals surface area contributed by atoms with Crippen LogP contribution in [0.1, 0.15) is 39.0 Å². The number of unbranched alkanes of at least 4 members (excludes halogenated alkanes) is 1. The first-order valence-corrected chi connectivity index (χ1v) is 8.39. The normalized spacial score (nSPS) is 13.8. The second kappa shape index (κ2) is 12.5. The number of allylic oxidation sites excluding steroid dienone is 6. The van der Waals surface area contributed by atoms with Crippen LogP contribution in [0.25, 0.3) is 0 Å².